The Bertz CT molecular complexity index is 1590. The number of ether oxygens (including phenoxy) is 2. The number of amides is 1. The van der Waals surface area contributed by atoms with E-state index in [1.54, 1.807) is 66.7 Å². The van der Waals surface area contributed by atoms with Crippen LogP contribution in [0.4, 0.5) is 11.4 Å². The van der Waals surface area contributed by atoms with Gasteiger partial charge in [-0.15, -0.1) is 0 Å². The van der Waals surface area contributed by atoms with Crippen LogP contribution in [0.1, 0.15) is 35.7 Å². The summed E-state index contributed by atoms with van der Waals surface area (Å²) in [6.07, 6.45) is 1.45. The van der Waals surface area contributed by atoms with Gasteiger partial charge in [0.2, 0.25) is 0 Å². The zero-order valence-corrected chi connectivity index (χ0v) is 23.2. The molecule has 4 aromatic carbocycles. The van der Waals surface area contributed by atoms with Gasteiger partial charge in [0.05, 0.1) is 23.6 Å². The van der Waals surface area contributed by atoms with Crippen LogP contribution in [-0.2, 0) is 21.2 Å². The molecule has 0 radical (unpaired) electrons. The molecule has 4 rings (SSSR count). The topological polar surface area (TPSA) is 131 Å². The van der Waals surface area contributed by atoms with Crippen molar-refractivity contribution in [3.05, 3.63) is 108 Å². The van der Waals surface area contributed by atoms with Crippen molar-refractivity contribution in [3.8, 4) is 17.2 Å². The molecule has 0 fully saturated rings. The number of carbonyl (C=O) groups is 2. The molecule has 0 saturated heterocycles. The Morgan fingerprint density at radius 1 is 0.829 bits per heavy atom. The number of sulfonamides is 1. The number of unbranched alkanes of at least 4 members (excludes halogenated alkanes) is 1. The summed E-state index contributed by atoms with van der Waals surface area (Å²) in [5, 5.41) is 12.2. The minimum Gasteiger partial charge on any atom is -0.494 e. The van der Waals surface area contributed by atoms with Crippen molar-refractivity contribution in [1.29, 1.82) is 0 Å². The smallest absolute Gasteiger partial charge is 0.307 e. The Balaban J connectivity index is 1.45. The lowest BCUT2D eigenvalue weighted by molar-refractivity contribution is -0.136. The van der Waals surface area contributed by atoms with Crippen molar-refractivity contribution < 1.29 is 32.6 Å². The number of carboxylic acid groups (broad SMARTS) is 1. The van der Waals surface area contributed by atoms with Crippen molar-refractivity contribution in [2.75, 3.05) is 16.6 Å². The zero-order chi connectivity index (χ0) is 29.2. The Morgan fingerprint density at radius 2 is 1.49 bits per heavy atom. The van der Waals surface area contributed by atoms with Gasteiger partial charge in [0.25, 0.3) is 15.9 Å². The predicted octanol–water partition coefficient (Wildman–Crippen LogP) is 6.34. The molecule has 9 nitrogen and oxygen atoms in total. The summed E-state index contributed by atoms with van der Waals surface area (Å²) in [4.78, 5) is 23.9. The van der Waals surface area contributed by atoms with Gasteiger partial charge in [-0.3, -0.25) is 14.3 Å². The summed E-state index contributed by atoms with van der Waals surface area (Å²) in [7, 11) is -3.99. The van der Waals surface area contributed by atoms with E-state index in [1.165, 1.54) is 24.3 Å². The molecule has 0 heterocycles. The Kier molecular flexibility index (Phi) is 9.60. The molecular formula is C31H30N2O7S. The number of hydrogen-bond donors (Lipinski definition) is 3. The molecule has 0 unspecified atom stereocenters. The maximum Gasteiger partial charge on any atom is 0.307 e. The molecule has 0 saturated carbocycles. The SMILES string of the molecule is CCCCOc1ccc(S(=O)(=O)Nc2ccc(Oc3ccc(NC(=O)c4ccccc4)cc3)cc2CC(=O)O)cc1. The van der Waals surface area contributed by atoms with Gasteiger partial charge in [-0.1, -0.05) is 31.5 Å². The van der Waals surface area contributed by atoms with Crippen LogP contribution in [0.15, 0.2) is 102 Å². The number of rotatable bonds is 13. The molecule has 0 aliphatic rings. The molecule has 4 aromatic rings. The molecule has 41 heavy (non-hydrogen) atoms. The quantitative estimate of drug-likeness (QED) is 0.159. The number of carboxylic acids is 1. The van der Waals surface area contributed by atoms with Crippen LogP contribution in [0.25, 0.3) is 0 Å². The second kappa shape index (κ2) is 13.5. The van der Waals surface area contributed by atoms with Crippen LogP contribution in [-0.4, -0.2) is 32.0 Å². The van der Waals surface area contributed by atoms with Crippen molar-refractivity contribution >= 4 is 33.3 Å². The first-order valence-electron chi connectivity index (χ1n) is 13.0. The first kappa shape index (κ1) is 29.2. The maximum atomic E-state index is 13.0. The van der Waals surface area contributed by atoms with Crippen molar-refractivity contribution in [2.45, 2.75) is 31.1 Å². The van der Waals surface area contributed by atoms with E-state index in [1.807, 2.05) is 6.07 Å². The monoisotopic (exact) mass is 574 g/mol. The van der Waals surface area contributed by atoms with E-state index >= 15 is 0 Å². The lowest BCUT2D eigenvalue weighted by atomic mass is 10.1. The molecule has 1 amide bonds. The number of benzene rings is 4. The van der Waals surface area contributed by atoms with Crippen molar-refractivity contribution in [2.24, 2.45) is 0 Å². The third kappa shape index (κ3) is 8.33. The molecule has 0 aromatic heterocycles. The normalized spacial score (nSPS) is 11.0. The average Bonchev–Trinajstić information content (AvgIpc) is 2.96. The summed E-state index contributed by atoms with van der Waals surface area (Å²) in [6.45, 7) is 2.60. The Labute approximate surface area is 238 Å². The number of anilines is 2. The first-order chi connectivity index (χ1) is 19.7. The van der Waals surface area contributed by atoms with Gasteiger partial charge in [0.1, 0.15) is 17.2 Å². The molecule has 0 bridgehead atoms. The van der Waals surface area contributed by atoms with E-state index in [2.05, 4.69) is 17.0 Å². The second-order valence-electron chi connectivity index (χ2n) is 9.11. The summed E-state index contributed by atoms with van der Waals surface area (Å²) in [5.41, 5.74) is 1.46. The standard InChI is InChI=1S/C31H30N2O7S/c1-2-3-19-39-25-13-16-28(17-14-25)41(37,38)33-29-18-15-27(20-23(29)21-30(34)35)40-26-11-9-24(10-12-26)32-31(36)22-7-5-4-6-8-22/h4-18,20,33H,2-3,19,21H2,1H3,(H,32,36)(H,34,35). The van der Waals surface area contributed by atoms with E-state index in [9.17, 15) is 23.1 Å². The van der Waals surface area contributed by atoms with Crippen LogP contribution in [0, 0.1) is 0 Å². The van der Waals surface area contributed by atoms with E-state index in [0.29, 0.717) is 35.1 Å². The molecule has 0 spiro atoms. The molecular weight excluding hydrogens is 544 g/mol. The number of carbonyl (C=O) groups excluding carboxylic acids is 1. The number of hydrogen-bond acceptors (Lipinski definition) is 6. The van der Waals surface area contributed by atoms with Crippen LogP contribution in [0.5, 0.6) is 17.2 Å². The highest BCUT2D eigenvalue weighted by molar-refractivity contribution is 7.92. The molecule has 3 N–H and O–H groups in total. The summed E-state index contributed by atoms with van der Waals surface area (Å²) < 4.78 is 40.0. The molecule has 0 aliphatic heterocycles. The highest BCUT2D eigenvalue weighted by atomic mass is 32.2. The molecule has 10 heteroatoms. The highest BCUT2D eigenvalue weighted by Crippen LogP contribution is 2.29. The van der Waals surface area contributed by atoms with Gasteiger partial charge in [0, 0.05) is 11.3 Å². The fourth-order valence-electron chi connectivity index (χ4n) is 3.83. The molecule has 0 atom stereocenters. The van der Waals surface area contributed by atoms with Crippen LogP contribution >= 0.6 is 0 Å². The fourth-order valence-corrected chi connectivity index (χ4v) is 4.93. The van der Waals surface area contributed by atoms with Crippen LogP contribution in [0.3, 0.4) is 0 Å². The first-order valence-corrected chi connectivity index (χ1v) is 14.5. The Morgan fingerprint density at radius 3 is 2.15 bits per heavy atom. The molecule has 0 aliphatic carbocycles. The largest absolute Gasteiger partial charge is 0.494 e. The third-order valence-electron chi connectivity index (χ3n) is 5.95. The minimum atomic E-state index is -3.99. The van der Waals surface area contributed by atoms with Gasteiger partial charge in [-0.25, -0.2) is 8.42 Å². The van der Waals surface area contributed by atoms with Crippen LogP contribution in [0.2, 0.25) is 0 Å². The van der Waals surface area contributed by atoms with Gasteiger partial charge >= 0.3 is 5.97 Å². The second-order valence-corrected chi connectivity index (χ2v) is 10.8. The van der Waals surface area contributed by atoms with E-state index in [4.69, 9.17) is 9.47 Å². The van der Waals surface area contributed by atoms with Crippen LogP contribution < -0.4 is 19.5 Å². The zero-order valence-electron chi connectivity index (χ0n) is 22.4. The minimum absolute atomic E-state index is 0.0152. The lowest BCUT2D eigenvalue weighted by Gasteiger charge is -2.14. The van der Waals surface area contributed by atoms with Gasteiger partial charge in [-0.05, 0) is 90.8 Å². The Hall–Kier alpha value is -4.83. The average molecular weight is 575 g/mol. The third-order valence-corrected chi connectivity index (χ3v) is 7.33. The fraction of sp³-hybridized carbons (Fsp3) is 0.161. The van der Waals surface area contributed by atoms with Crippen molar-refractivity contribution in [3.63, 3.8) is 0 Å². The van der Waals surface area contributed by atoms with Gasteiger partial charge in [-0.2, -0.15) is 0 Å². The maximum absolute atomic E-state index is 13.0. The van der Waals surface area contributed by atoms with Gasteiger partial charge in [0.15, 0.2) is 0 Å². The molecule has 212 valence electrons. The number of nitrogens with one attached hydrogen (secondary N) is 2. The number of aliphatic carboxylic acids is 1. The summed E-state index contributed by atoms with van der Waals surface area (Å²) in [5.74, 6) is -0.0453. The van der Waals surface area contributed by atoms with E-state index in [-0.39, 0.29) is 22.1 Å². The highest BCUT2D eigenvalue weighted by Gasteiger charge is 2.18. The lowest BCUT2D eigenvalue weighted by Crippen LogP contribution is -2.15. The summed E-state index contributed by atoms with van der Waals surface area (Å²) >= 11 is 0. The predicted molar refractivity (Wildman–Crippen MR) is 156 cm³/mol. The van der Waals surface area contributed by atoms with Gasteiger partial charge < -0.3 is 19.9 Å². The summed E-state index contributed by atoms with van der Waals surface area (Å²) in [6, 6.07) is 26.0. The van der Waals surface area contributed by atoms with Crippen molar-refractivity contribution in [1.82, 2.24) is 0 Å². The van der Waals surface area contributed by atoms with E-state index < -0.39 is 22.4 Å². The van der Waals surface area contributed by atoms with E-state index in [0.717, 1.165) is 12.8 Å².